The first-order valence-electron chi connectivity index (χ1n) is 7.03. The van der Waals surface area contributed by atoms with Crippen molar-refractivity contribution >= 4 is 12.1 Å². The molecule has 1 aliphatic carbocycles. The number of alkyl halides is 1. The summed E-state index contributed by atoms with van der Waals surface area (Å²) in [5, 5.41) is 2.66. The zero-order valence-corrected chi connectivity index (χ0v) is 12.6. The van der Waals surface area contributed by atoms with Gasteiger partial charge in [-0.3, -0.25) is 4.79 Å². The standard InChI is InChI=1S/C14H24FNO4/c1-5-19-12(17)10-8-9(15)6-7-11(10)16-13(18)20-14(2,3)4/h9-11H,5-8H2,1-4H3,(H,16,18)/t9-,10-,11-/m0/s1. The predicted octanol–water partition coefficient (Wildman–Crippen LogP) is 2.58. The molecule has 1 aliphatic rings. The van der Waals surface area contributed by atoms with E-state index < -0.39 is 35.8 Å². The minimum atomic E-state index is -1.03. The molecule has 0 aliphatic heterocycles. The number of hydrogen-bond donors (Lipinski definition) is 1. The van der Waals surface area contributed by atoms with Crippen molar-refractivity contribution in [3.63, 3.8) is 0 Å². The molecule has 1 saturated carbocycles. The Morgan fingerprint density at radius 3 is 2.50 bits per heavy atom. The van der Waals surface area contributed by atoms with Crippen LogP contribution in [-0.2, 0) is 14.3 Å². The summed E-state index contributed by atoms with van der Waals surface area (Å²) in [7, 11) is 0. The van der Waals surface area contributed by atoms with Crippen molar-refractivity contribution in [1.29, 1.82) is 0 Å². The minimum Gasteiger partial charge on any atom is -0.466 e. The number of alkyl carbamates (subject to hydrolysis) is 1. The van der Waals surface area contributed by atoms with E-state index in [1.54, 1.807) is 27.7 Å². The molecule has 1 amide bonds. The molecule has 1 N–H and O–H groups in total. The van der Waals surface area contributed by atoms with Gasteiger partial charge in [-0.2, -0.15) is 0 Å². The average molecular weight is 289 g/mol. The van der Waals surface area contributed by atoms with Crippen molar-refractivity contribution in [3.05, 3.63) is 0 Å². The fourth-order valence-corrected chi connectivity index (χ4v) is 2.26. The van der Waals surface area contributed by atoms with Crippen LogP contribution in [-0.4, -0.2) is 36.5 Å². The van der Waals surface area contributed by atoms with Gasteiger partial charge in [0.05, 0.1) is 12.5 Å². The third-order valence-corrected chi connectivity index (χ3v) is 3.08. The van der Waals surface area contributed by atoms with E-state index in [9.17, 15) is 14.0 Å². The third kappa shape index (κ3) is 5.35. The number of halogens is 1. The molecule has 20 heavy (non-hydrogen) atoms. The van der Waals surface area contributed by atoms with Gasteiger partial charge in [-0.25, -0.2) is 9.18 Å². The van der Waals surface area contributed by atoms with Gasteiger partial charge >= 0.3 is 12.1 Å². The van der Waals surface area contributed by atoms with Crippen LogP contribution in [0.5, 0.6) is 0 Å². The Morgan fingerprint density at radius 2 is 1.95 bits per heavy atom. The van der Waals surface area contributed by atoms with Gasteiger partial charge in [0.15, 0.2) is 0 Å². The van der Waals surface area contributed by atoms with Crippen LogP contribution < -0.4 is 5.32 Å². The van der Waals surface area contributed by atoms with Crippen LogP contribution in [0.4, 0.5) is 9.18 Å². The van der Waals surface area contributed by atoms with E-state index in [4.69, 9.17) is 9.47 Å². The van der Waals surface area contributed by atoms with Gasteiger partial charge in [0.1, 0.15) is 11.8 Å². The lowest BCUT2D eigenvalue weighted by Crippen LogP contribution is -2.48. The van der Waals surface area contributed by atoms with E-state index in [1.165, 1.54) is 0 Å². The van der Waals surface area contributed by atoms with Gasteiger partial charge < -0.3 is 14.8 Å². The number of ether oxygens (including phenoxy) is 2. The molecule has 3 atom stereocenters. The maximum absolute atomic E-state index is 13.5. The molecular weight excluding hydrogens is 265 g/mol. The molecular formula is C14H24FNO4. The summed E-state index contributed by atoms with van der Waals surface area (Å²) in [5.41, 5.74) is -0.610. The van der Waals surface area contributed by atoms with Crippen molar-refractivity contribution in [2.45, 2.75) is 64.8 Å². The molecule has 0 radical (unpaired) electrons. The van der Waals surface area contributed by atoms with Crippen LogP contribution in [0, 0.1) is 5.92 Å². The highest BCUT2D eigenvalue weighted by Gasteiger charge is 2.37. The van der Waals surface area contributed by atoms with E-state index in [1.807, 2.05) is 0 Å². The number of hydrogen-bond acceptors (Lipinski definition) is 4. The summed E-state index contributed by atoms with van der Waals surface area (Å²) in [4.78, 5) is 23.6. The van der Waals surface area contributed by atoms with Crippen LogP contribution >= 0.6 is 0 Å². The Morgan fingerprint density at radius 1 is 1.30 bits per heavy atom. The van der Waals surface area contributed by atoms with Gasteiger partial charge in [0, 0.05) is 6.04 Å². The van der Waals surface area contributed by atoms with E-state index in [0.717, 1.165) is 0 Å². The normalized spacial score (nSPS) is 26.8. The molecule has 0 spiro atoms. The van der Waals surface area contributed by atoms with Crippen molar-refractivity contribution in [2.24, 2.45) is 5.92 Å². The molecule has 116 valence electrons. The first kappa shape index (κ1) is 16.7. The highest BCUT2D eigenvalue weighted by atomic mass is 19.1. The second-order valence-electron chi connectivity index (χ2n) is 6.02. The van der Waals surface area contributed by atoms with Crippen LogP contribution in [0.2, 0.25) is 0 Å². The lowest BCUT2D eigenvalue weighted by Gasteiger charge is -2.32. The van der Waals surface area contributed by atoms with Crippen molar-refractivity contribution < 1.29 is 23.5 Å². The van der Waals surface area contributed by atoms with E-state index >= 15 is 0 Å². The van der Waals surface area contributed by atoms with Crippen LogP contribution in [0.3, 0.4) is 0 Å². The molecule has 0 aromatic carbocycles. The molecule has 0 unspecified atom stereocenters. The molecule has 0 bridgehead atoms. The van der Waals surface area contributed by atoms with Gasteiger partial charge in [0.25, 0.3) is 0 Å². The average Bonchev–Trinajstić information content (AvgIpc) is 2.29. The zero-order chi connectivity index (χ0) is 15.3. The molecule has 1 fully saturated rings. The second kappa shape index (κ2) is 6.90. The molecule has 1 rings (SSSR count). The van der Waals surface area contributed by atoms with Crippen LogP contribution in [0.1, 0.15) is 47.0 Å². The Hall–Kier alpha value is -1.33. The highest BCUT2D eigenvalue weighted by molar-refractivity contribution is 5.75. The summed E-state index contributed by atoms with van der Waals surface area (Å²) < 4.78 is 23.6. The second-order valence-corrected chi connectivity index (χ2v) is 6.02. The summed E-state index contributed by atoms with van der Waals surface area (Å²) in [6.45, 7) is 7.21. The molecule has 0 aromatic heterocycles. The minimum absolute atomic E-state index is 0.0826. The van der Waals surface area contributed by atoms with E-state index in [2.05, 4.69) is 5.32 Å². The van der Waals surface area contributed by atoms with Crippen LogP contribution in [0.15, 0.2) is 0 Å². The summed E-state index contributed by atoms with van der Waals surface area (Å²) >= 11 is 0. The quantitative estimate of drug-likeness (QED) is 0.811. The third-order valence-electron chi connectivity index (χ3n) is 3.08. The van der Waals surface area contributed by atoms with Crippen LogP contribution in [0.25, 0.3) is 0 Å². The summed E-state index contributed by atoms with van der Waals surface area (Å²) in [5.74, 6) is -1.11. The molecule has 5 nitrogen and oxygen atoms in total. The van der Waals surface area contributed by atoms with Crippen molar-refractivity contribution in [1.82, 2.24) is 5.32 Å². The number of esters is 1. The van der Waals surface area contributed by atoms with Crippen molar-refractivity contribution in [2.75, 3.05) is 6.61 Å². The molecule has 0 heterocycles. The number of amides is 1. The lowest BCUT2D eigenvalue weighted by atomic mass is 9.83. The van der Waals surface area contributed by atoms with Gasteiger partial charge in [-0.15, -0.1) is 0 Å². The Balaban J connectivity index is 2.64. The summed E-state index contributed by atoms with van der Waals surface area (Å²) in [6.07, 6.45) is -0.797. The van der Waals surface area contributed by atoms with Crippen molar-refractivity contribution in [3.8, 4) is 0 Å². The topological polar surface area (TPSA) is 64.6 Å². The first-order chi connectivity index (χ1) is 9.23. The fourth-order valence-electron chi connectivity index (χ4n) is 2.26. The largest absolute Gasteiger partial charge is 0.466 e. The SMILES string of the molecule is CCOC(=O)[C@H]1C[C@@H](F)CC[C@@H]1NC(=O)OC(C)(C)C. The number of carbonyl (C=O) groups excluding carboxylic acids is 2. The maximum Gasteiger partial charge on any atom is 0.407 e. The first-order valence-corrected chi connectivity index (χ1v) is 7.03. The number of nitrogens with one attached hydrogen (secondary N) is 1. The Bertz CT molecular complexity index is 354. The number of rotatable bonds is 3. The Kier molecular flexibility index (Phi) is 5.77. The summed E-state index contributed by atoms with van der Waals surface area (Å²) in [6, 6.07) is -0.434. The smallest absolute Gasteiger partial charge is 0.407 e. The lowest BCUT2D eigenvalue weighted by molar-refractivity contribution is -0.150. The van der Waals surface area contributed by atoms with E-state index in [0.29, 0.717) is 12.8 Å². The highest BCUT2D eigenvalue weighted by Crippen LogP contribution is 2.28. The fraction of sp³-hybridized carbons (Fsp3) is 0.857. The van der Waals surface area contributed by atoms with Gasteiger partial charge in [0.2, 0.25) is 0 Å². The monoisotopic (exact) mass is 289 g/mol. The van der Waals surface area contributed by atoms with Gasteiger partial charge in [-0.1, -0.05) is 0 Å². The predicted molar refractivity (Wildman–Crippen MR) is 72.0 cm³/mol. The van der Waals surface area contributed by atoms with E-state index in [-0.39, 0.29) is 13.0 Å². The molecule has 0 saturated heterocycles. The molecule has 6 heteroatoms. The van der Waals surface area contributed by atoms with Gasteiger partial charge in [-0.05, 0) is 47.0 Å². The molecule has 0 aromatic rings. The maximum atomic E-state index is 13.5. The zero-order valence-electron chi connectivity index (χ0n) is 12.6. The number of carbonyl (C=O) groups is 2. The Labute approximate surface area is 119 Å².